The molecular weight excluding hydrogens is 247 g/mol. The van der Waals surface area contributed by atoms with Crippen LogP contribution in [0.15, 0.2) is 28.9 Å². The van der Waals surface area contributed by atoms with Gasteiger partial charge in [0.2, 0.25) is 0 Å². The molecule has 0 fully saturated rings. The summed E-state index contributed by atoms with van der Waals surface area (Å²) in [5, 5.41) is 0.724. The minimum Gasteiger partial charge on any atom is -0.463 e. The predicted molar refractivity (Wildman–Crippen MR) is 70.8 cm³/mol. The highest BCUT2D eigenvalue weighted by Crippen LogP contribution is 2.24. The maximum absolute atomic E-state index is 13.8. The van der Waals surface area contributed by atoms with E-state index in [2.05, 4.69) is 0 Å². The monoisotopic (exact) mass is 264 g/mol. The number of rotatable bonds is 4. The van der Waals surface area contributed by atoms with Crippen LogP contribution in [0.25, 0.3) is 11.0 Å². The lowest BCUT2D eigenvalue weighted by molar-refractivity contribution is -0.00231. The lowest BCUT2D eigenvalue weighted by Gasteiger charge is -2.19. The SMILES string of the molecule is CC(C)(C)OCCC(=O)c1c(F)ccc2ccoc12. The Morgan fingerprint density at radius 3 is 2.74 bits per heavy atom. The van der Waals surface area contributed by atoms with E-state index >= 15 is 0 Å². The normalized spacial score (nSPS) is 12.0. The number of carbonyl (C=O) groups is 1. The Morgan fingerprint density at radius 2 is 2.05 bits per heavy atom. The number of fused-ring (bicyclic) bond motifs is 1. The maximum Gasteiger partial charge on any atom is 0.171 e. The first kappa shape index (κ1) is 13.7. The van der Waals surface area contributed by atoms with Crippen molar-refractivity contribution < 1.29 is 18.3 Å². The van der Waals surface area contributed by atoms with Gasteiger partial charge in [-0.15, -0.1) is 0 Å². The minimum absolute atomic E-state index is 0.0139. The number of carbonyl (C=O) groups excluding carboxylic acids is 1. The maximum atomic E-state index is 13.8. The molecule has 0 unspecified atom stereocenters. The van der Waals surface area contributed by atoms with E-state index in [1.165, 1.54) is 12.3 Å². The second kappa shape index (κ2) is 5.13. The molecule has 0 radical (unpaired) electrons. The molecule has 0 aliphatic carbocycles. The van der Waals surface area contributed by atoms with Crippen LogP contribution in [0.2, 0.25) is 0 Å². The highest BCUT2D eigenvalue weighted by molar-refractivity contribution is 6.06. The number of benzene rings is 1. The molecule has 0 saturated heterocycles. The number of Topliss-reactive ketones (excluding diaryl/α,β-unsaturated/α-hetero) is 1. The Bertz CT molecular complexity index is 593. The van der Waals surface area contributed by atoms with Crippen LogP contribution in [0.4, 0.5) is 4.39 Å². The molecule has 2 rings (SSSR count). The van der Waals surface area contributed by atoms with Gasteiger partial charge in [-0.25, -0.2) is 4.39 Å². The standard InChI is InChI=1S/C15H17FO3/c1-15(2,3)19-9-7-12(17)13-11(16)5-4-10-6-8-18-14(10)13/h4-6,8H,7,9H2,1-3H3. The van der Waals surface area contributed by atoms with E-state index in [9.17, 15) is 9.18 Å². The number of furan rings is 1. The van der Waals surface area contributed by atoms with E-state index in [0.29, 0.717) is 5.58 Å². The van der Waals surface area contributed by atoms with Crippen LogP contribution in [-0.4, -0.2) is 18.0 Å². The Labute approximate surface area is 111 Å². The van der Waals surface area contributed by atoms with E-state index < -0.39 is 5.82 Å². The summed E-state index contributed by atoms with van der Waals surface area (Å²) < 4.78 is 24.5. The van der Waals surface area contributed by atoms with Gasteiger partial charge in [0.1, 0.15) is 11.4 Å². The quantitative estimate of drug-likeness (QED) is 0.785. The fourth-order valence-corrected chi connectivity index (χ4v) is 1.84. The average Bonchev–Trinajstić information content (AvgIpc) is 2.74. The van der Waals surface area contributed by atoms with Crippen LogP contribution in [0, 0.1) is 5.82 Å². The van der Waals surface area contributed by atoms with Crippen molar-refractivity contribution in [1.29, 1.82) is 0 Å². The van der Waals surface area contributed by atoms with Gasteiger partial charge in [0.05, 0.1) is 24.0 Å². The molecule has 0 atom stereocenters. The van der Waals surface area contributed by atoms with Crippen molar-refractivity contribution >= 4 is 16.8 Å². The predicted octanol–water partition coefficient (Wildman–Crippen LogP) is 3.96. The number of hydrogen-bond donors (Lipinski definition) is 0. The summed E-state index contributed by atoms with van der Waals surface area (Å²) in [5.74, 6) is -0.856. The first-order valence-electron chi connectivity index (χ1n) is 6.21. The van der Waals surface area contributed by atoms with Crippen LogP contribution in [0.5, 0.6) is 0 Å². The fraction of sp³-hybridized carbons (Fsp3) is 0.400. The van der Waals surface area contributed by atoms with Crippen molar-refractivity contribution in [3.05, 3.63) is 35.8 Å². The summed E-state index contributed by atoms with van der Waals surface area (Å²) in [7, 11) is 0. The zero-order valence-corrected chi connectivity index (χ0v) is 11.3. The van der Waals surface area contributed by atoms with E-state index in [-0.39, 0.29) is 30.0 Å². The molecule has 2 aromatic rings. The average molecular weight is 264 g/mol. The largest absolute Gasteiger partial charge is 0.463 e. The summed E-state index contributed by atoms with van der Waals surface area (Å²) in [6.45, 7) is 5.99. The third-order valence-corrected chi connectivity index (χ3v) is 2.71. The second-order valence-electron chi connectivity index (χ2n) is 5.40. The Morgan fingerprint density at radius 1 is 1.32 bits per heavy atom. The molecule has 0 N–H and O–H groups in total. The van der Waals surface area contributed by atoms with Crippen LogP contribution in [-0.2, 0) is 4.74 Å². The number of ether oxygens (including phenoxy) is 1. The van der Waals surface area contributed by atoms with Gasteiger partial charge in [0.25, 0.3) is 0 Å². The molecule has 0 aliphatic rings. The zero-order valence-electron chi connectivity index (χ0n) is 11.3. The van der Waals surface area contributed by atoms with Gasteiger partial charge in [-0.1, -0.05) is 0 Å². The number of halogens is 1. The van der Waals surface area contributed by atoms with Crippen molar-refractivity contribution in [2.45, 2.75) is 32.8 Å². The third-order valence-electron chi connectivity index (χ3n) is 2.71. The Kier molecular flexibility index (Phi) is 3.71. The summed E-state index contributed by atoms with van der Waals surface area (Å²) in [6.07, 6.45) is 1.58. The number of ketones is 1. The zero-order chi connectivity index (χ0) is 14.0. The molecule has 3 nitrogen and oxygen atoms in total. The molecule has 4 heteroatoms. The van der Waals surface area contributed by atoms with Crippen LogP contribution in [0.3, 0.4) is 0 Å². The van der Waals surface area contributed by atoms with Gasteiger partial charge in [0.15, 0.2) is 5.78 Å². The van der Waals surface area contributed by atoms with Crippen molar-refractivity contribution in [3.63, 3.8) is 0 Å². The van der Waals surface area contributed by atoms with Gasteiger partial charge in [-0.05, 0) is 39.0 Å². The first-order chi connectivity index (χ1) is 8.88. The van der Waals surface area contributed by atoms with Gasteiger partial charge < -0.3 is 9.15 Å². The summed E-state index contributed by atoms with van der Waals surface area (Å²) in [6, 6.07) is 4.59. The van der Waals surface area contributed by atoms with Crippen molar-refractivity contribution in [2.24, 2.45) is 0 Å². The minimum atomic E-state index is -0.553. The first-order valence-corrected chi connectivity index (χ1v) is 6.21. The van der Waals surface area contributed by atoms with Gasteiger partial charge in [-0.2, -0.15) is 0 Å². The van der Waals surface area contributed by atoms with E-state index in [4.69, 9.17) is 9.15 Å². The molecule has 0 amide bonds. The molecule has 1 heterocycles. The van der Waals surface area contributed by atoms with Crippen molar-refractivity contribution in [1.82, 2.24) is 0 Å². The van der Waals surface area contributed by atoms with Crippen molar-refractivity contribution in [2.75, 3.05) is 6.61 Å². The van der Waals surface area contributed by atoms with E-state index in [1.54, 1.807) is 12.1 Å². The fourth-order valence-electron chi connectivity index (χ4n) is 1.84. The van der Waals surface area contributed by atoms with Crippen LogP contribution in [0.1, 0.15) is 37.6 Å². The smallest absolute Gasteiger partial charge is 0.171 e. The Hall–Kier alpha value is -1.68. The highest BCUT2D eigenvalue weighted by atomic mass is 19.1. The molecule has 102 valence electrons. The Balaban J connectivity index is 2.17. The topological polar surface area (TPSA) is 39.4 Å². The molecule has 1 aromatic heterocycles. The lowest BCUT2D eigenvalue weighted by Crippen LogP contribution is -2.21. The third kappa shape index (κ3) is 3.20. The van der Waals surface area contributed by atoms with Crippen LogP contribution >= 0.6 is 0 Å². The molecular formula is C15H17FO3. The van der Waals surface area contributed by atoms with E-state index in [1.807, 2.05) is 20.8 Å². The highest BCUT2D eigenvalue weighted by Gasteiger charge is 2.19. The van der Waals surface area contributed by atoms with Crippen molar-refractivity contribution in [3.8, 4) is 0 Å². The van der Waals surface area contributed by atoms with Gasteiger partial charge in [-0.3, -0.25) is 4.79 Å². The van der Waals surface area contributed by atoms with Crippen LogP contribution < -0.4 is 0 Å². The molecule has 0 spiro atoms. The summed E-state index contributed by atoms with van der Waals surface area (Å²) >= 11 is 0. The van der Waals surface area contributed by atoms with E-state index in [0.717, 1.165) is 5.39 Å². The summed E-state index contributed by atoms with van der Waals surface area (Å²) in [5.41, 5.74) is 0.0102. The van der Waals surface area contributed by atoms with Gasteiger partial charge >= 0.3 is 0 Å². The summed E-state index contributed by atoms with van der Waals surface area (Å²) in [4.78, 5) is 12.1. The number of hydrogen-bond acceptors (Lipinski definition) is 3. The molecule has 19 heavy (non-hydrogen) atoms. The molecule has 0 aliphatic heterocycles. The molecule has 0 saturated carbocycles. The molecule has 1 aromatic carbocycles. The lowest BCUT2D eigenvalue weighted by atomic mass is 10.1. The second-order valence-corrected chi connectivity index (χ2v) is 5.40. The molecule has 0 bridgehead atoms. The van der Waals surface area contributed by atoms with Gasteiger partial charge in [0, 0.05) is 11.8 Å².